The van der Waals surface area contributed by atoms with Crippen molar-refractivity contribution in [3.63, 3.8) is 0 Å². The summed E-state index contributed by atoms with van der Waals surface area (Å²) in [7, 11) is 0. The van der Waals surface area contributed by atoms with Crippen LogP contribution in [-0.2, 0) is 0 Å². The van der Waals surface area contributed by atoms with E-state index in [9.17, 15) is 4.79 Å². The summed E-state index contributed by atoms with van der Waals surface area (Å²) in [5.41, 5.74) is 5.39. The molecule has 0 heterocycles. The zero-order valence-corrected chi connectivity index (χ0v) is 11.3. The summed E-state index contributed by atoms with van der Waals surface area (Å²) in [5.74, 6) is -0.344. The smallest absolute Gasteiger partial charge is 0.269 e. The van der Waals surface area contributed by atoms with Crippen molar-refractivity contribution in [1.29, 1.82) is 0 Å². The molecule has 0 saturated heterocycles. The Morgan fingerprint density at radius 1 is 1.29 bits per heavy atom. The number of nitrogens with one attached hydrogen (secondary N) is 3. The lowest BCUT2D eigenvalue weighted by atomic mass is 10.2. The van der Waals surface area contributed by atoms with Gasteiger partial charge in [0.1, 0.15) is 0 Å². The molecule has 0 spiro atoms. The van der Waals surface area contributed by atoms with Crippen LogP contribution in [0.1, 0.15) is 17.3 Å². The van der Waals surface area contributed by atoms with E-state index in [0.717, 1.165) is 0 Å². The highest BCUT2D eigenvalue weighted by Crippen LogP contribution is 2.22. The van der Waals surface area contributed by atoms with Crippen molar-refractivity contribution in [3.05, 3.63) is 33.8 Å². The molecule has 0 aliphatic heterocycles. The van der Waals surface area contributed by atoms with Gasteiger partial charge in [-0.05, 0) is 37.3 Å². The summed E-state index contributed by atoms with van der Waals surface area (Å²) in [6.07, 6.45) is 0. The van der Waals surface area contributed by atoms with E-state index in [4.69, 9.17) is 35.4 Å². The van der Waals surface area contributed by atoms with Crippen LogP contribution in [0.4, 0.5) is 0 Å². The first-order chi connectivity index (χ1) is 8.04. The number of halogens is 2. The molecule has 0 aliphatic carbocycles. The SMILES string of the molecule is CCNC(=S)NNC(=O)c1ccc(Cl)c(Cl)c1. The number of carbonyl (C=O) groups excluding carboxylic acids is 1. The Morgan fingerprint density at radius 2 is 2.00 bits per heavy atom. The number of hydrogen-bond donors (Lipinski definition) is 3. The summed E-state index contributed by atoms with van der Waals surface area (Å²) in [6, 6.07) is 4.61. The lowest BCUT2D eigenvalue weighted by molar-refractivity contribution is 0.0943. The first kappa shape index (κ1) is 14.0. The highest BCUT2D eigenvalue weighted by Gasteiger charge is 2.07. The summed E-state index contributed by atoms with van der Waals surface area (Å²) < 4.78 is 0. The molecule has 0 aliphatic rings. The van der Waals surface area contributed by atoms with E-state index in [0.29, 0.717) is 27.3 Å². The molecule has 1 rings (SSSR count). The Bertz CT molecular complexity index is 440. The molecule has 0 radical (unpaired) electrons. The molecule has 7 heteroatoms. The van der Waals surface area contributed by atoms with E-state index in [1.165, 1.54) is 6.07 Å². The lowest BCUT2D eigenvalue weighted by Gasteiger charge is -2.10. The largest absolute Gasteiger partial charge is 0.362 e. The molecule has 4 nitrogen and oxygen atoms in total. The van der Waals surface area contributed by atoms with Gasteiger partial charge in [0.25, 0.3) is 5.91 Å². The van der Waals surface area contributed by atoms with Crippen LogP contribution in [0.3, 0.4) is 0 Å². The van der Waals surface area contributed by atoms with Gasteiger partial charge in [0, 0.05) is 12.1 Å². The number of hydrogen-bond acceptors (Lipinski definition) is 2. The summed E-state index contributed by atoms with van der Waals surface area (Å²) in [5, 5.41) is 3.91. The fraction of sp³-hybridized carbons (Fsp3) is 0.200. The third-order valence-corrected chi connectivity index (χ3v) is 2.79. The van der Waals surface area contributed by atoms with Crippen LogP contribution in [0.5, 0.6) is 0 Å². The van der Waals surface area contributed by atoms with Crippen LogP contribution in [0.25, 0.3) is 0 Å². The summed E-state index contributed by atoms with van der Waals surface area (Å²) >= 11 is 16.4. The van der Waals surface area contributed by atoms with E-state index in [2.05, 4.69) is 16.2 Å². The summed E-state index contributed by atoms with van der Waals surface area (Å²) in [6.45, 7) is 2.57. The number of amides is 1. The minimum absolute atomic E-state index is 0.327. The van der Waals surface area contributed by atoms with E-state index in [1.807, 2.05) is 6.92 Å². The van der Waals surface area contributed by atoms with Crippen LogP contribution < -0.4 is 16.2 Å². The average Bonchev–Trinajstić information content (AvgIpc) is 2.30. The van der Waals surface area contributed by atoms with Crippen molar-refractivity contribution in [2.45, 2.75) is 6.92 Å². The first-order valence-corrected chi connectivity index (χ1v) is 6.00. The number of rotatable bonds is 2. The van der Waals surface area contributed by atoms with E-state index in [-0.39, 0.29) is 5.91 Å². The molecule has 0 saturated carbocycles. The number of carbonyl (C=O) groups is 1. The fourth-order valence-corrected chi connectivity index (χ4v) is 1.52. The van der Waals surface area contributed by atoms with Gasteiger partial charge >= 0.3 is 0 Å². The van der Waals surface area contributed by atoms with Crippen molar-refractivity contribution >= 4 is 46.4 Å². The second-order valence-corrected chi connectivity index (χ2v) is 4.29. The van der Waals surface area contributed by atoms with Crippen molar-refractivity contribution < 1.29 is 4.79 Å². The fourth-order valence-electron chi connectivity index (χ4n) is 1.03. The van der Waals surface area contributed by atoms with Gasteiger partial charge in [-0.15, -0.1) is 0 Å². The van der Waals surface area contributed by atoms with Crippen LogP contribution in [-0.4, -0.2) is 17.6 Å². The standard InChI is InChI=1S/C10H11Cl2N3OS/c1-2-13-10(17)15-14-9(16)6-3-4-7(11)8(12)5-6/h3-5H,2H2,1H3,(H,14,16)(H2,13,15,17). The van der Waals surface area contributed by atoms with Gasteiger partial charge in [0.2, 0.25) is 0 Å². The number of benzene rings is 1. The monoisotopic (exact) mass is 291 g/mol. The molecule has 0 aromatic heterocycles. The maximum absolute atomic E-state index is 11.7. The number of thiocarbonyl (C=S) groups is 1. The molecular formula is C10H11Cl2N3OS. The Morgan fingerprint density at radius 3 is 2.59 bits per heavy atom. The van der Waals surface area contributed by atoms with E-state index < -0.39 is 0 Å². The third-order valence-electron chi connectivity index (χ3n) is 1.81. The zero-order chi connectivity index (χ0) is 12.8. The maximum atomic E-state index is 11.7. The highest BCUT2D eigenvalue weighted by atomic mass is 35.5. The maximum Gasteiger partial charge on any atom is 0.269 e. The molecule has 17 heavy (non-hydrogen) atoms. The second-order valence-electron chi connectivity index (χ2n) is 3.07. The second kappa shape index (κ2) is 6.64. The first-order valence-electron chi connectivity index (χ1n) is 4.83. The van der Waals surface area contributed by atoms with Crippen LogP contribution in [0.2, 0.25) is 10.0 Å². The predicted octanol–water partition coefficient (Wildman–Crippen LogP) is 2.12. The molecule has 1 aromatic rings. The van der Waals surface area contributed by atoms with Crippen molar-refractivity contribution in [1.82, 2.24) is 16.2 Å². The predicted molar refractivity (Wildman–Crippen MR) is 73.3 cm³/mol. The van der Waals surface area contributed by atoms with Crippen molar-refractivity contribution in [2.75, 3.05) is 6.54 Å². The van der Waals surface area contributed by atoms with Gasteiger partial charge in [-0.2, -0.15) is 0 Å². The molecule has 0 atom stereocenters. The molecule has 3 N–H and O–H groups in total. The van der Waals surface area contributed by atoms with Gasteiger partial charge in [-0.25, -0.2) is 0 Å². The Hall–Kier alpha value is -1.04. The van der Waals surface area contributed by atoms with E-state index >= 15 is 0 Å². The Balaban J connectivity index is 2.58. The topological polar surface area (TPSA) is 53.2 Å². The Kier molecular flexibility index (Phi) is 5.47. The van der Waals surface area contributed by atoms with Gasteiger partial charge in [-0.1, -0.05) is 23.2 Å². The van der Waals surface area contributed by atoms with Gasteiger partial charge < -0.3 is 5.32 Å². The highest BCUT2D eigenvalue weighted by molar-refractivity contribution is 7.80. The minimum Gasteiger partial charge on any atom is -0.362 e. The van der Waals surface area contributed by atoms with Crippen LogP contribution in [0, 0.1) is 0 Å². The third kappa shape index (κ3) is 4.38. The van der Waals surface area contributed by atoms with Crippen LogP contribution in [0.15, 0.2) is 18.2 Å². The Labute approximate surface area is 115 Å². The van der Waals surface area contributed by atoms with Gasteiger partial charge in [-0.3, -0.25) is 15.6 Å². The van der Waals surface area contributed by atoms with Gasteiger partial charge in [0.05, 0.1) is 10.0 Å². The van der Waals surface area contributed by atoms with Crippen molar-refractivity contribution in [3.8, 4) is 0 Å². The minimum atomic E-state index is -0.344. The van der Waals surface area contributed by atoms with Gasteiger partial charge in [0.15, 0.2) is 5.11 Å². The molecule has 1 amide bonds. The van der Waals surface area contributed by atoms with E-state index in [1.54, 1.807) is 12.1 Å². The molecule has 0 bridgehead atoms. The normalized spacial score (nSPS) is 9.59. The quantitative estimate of drug-likeness (QED) is 0.577. The molecule has 92 valence electrons. The lowest BCUT2D eigenvalue weighted by Crippen LogP contribution is -2.46. The zero-order valence-electron chi connectivity index (χ0n) is 9.01. The molecule has 0 fully saturated rings. The summed E-state index contributed by atoms with van der Waals surface area (Å²) in [4.78, 5) is 11.7. The molecular weight excluding hydrogens is 281 g/mol. The molecule has 0 unspecified atom stereocenters. The number of hydrazine groups is 1. The molecule has 1 aromatic carbocycles. The average molecular weight is 292 g/mol. The van der Waals surface area contributed by atoms with Crippen molar-refractivity contribution in [2.24, 2.45) is 0 Å². The van der Waals surface area contributed by atoms with Crippen LogP contribution >= 0.6 is 35.4 Å².